The third-order valence-corrected chi connectivity index (χ3v) is 7.59. The second kappa shape index (κ2) is 13.4. The zero-order valence-corrected chi connectivity index (χ0v) is 21.4. The molecule has 0 spiro atoms. The van der Waals surface area contributed by atoms with Gasteiger partial charge >= 0.3 is 0 Å². The van der Waals surface area contributed by atoms with E-state index in [1.807, 2.05) is 0 Å². The van der Waals surface area contributed by atoms with E-state index in [2.05, 4.69) is 22.0 Å². The van der Waals surface area contributed by atoms with Crippen LogP contribution in [0.5, 0.6) is 0 Å². The molecule has 0 aromatic carbocycles. The lowest BCUT2D eigenvalue weighted by Crippen LogP contribution is -2.47. The normalized spacial score (nSPS) is 26.2. The van der Waals surface area contributed by atoms with Gasteiger partial charge in [0.1, 0.15) is 0 Å². The Labute approximate surface area is 199 Å². The molecule has 3 heterocycles. The second-order valence-corrected chi connectivity index (χ2v) is 10.5. The fraction of sp³-hybridized carbons (Fsp3) is 0.950. The standard InChI is InChI=1S/C20H38N4O4S.HI/c1-2-21-20(22-8-11-23-12-15-29(25,26)16-13-23)24-9-6-18(7-10-24)28-17-19-5-3-4-14-27-19;/h18-19H,2-17H2,1H3,(H,21,22);1H. The van der Waals surface area contributed by atoms with Gasteiger partial charge < -0.3 is 19.7 Å². The van der Waals surface area contributed by atoms with Gasteiger partial charge in [-0.15, -0.1) is 24.0 Å². The zero-order valence-electron chi connectivity index (χ0n) is 18.3. The van der Waals surface area contributed by atoms with Gasteiger partial charge in [0.25, 0.3) is 0 Å². The summed E-state index contributed by atoms with van der Waals surface area (Å²) < 4.78 is 35.0. The molecule has 0 aromatic rings. The maximum Gasteiger partial charge on any atom is 0.193 e. The maximum absolute atomic E-state index is 11.5. The van der Waals surface area contributed by atoms with Crippen molar-refractivity contribution in [2.24, 2.45) is 4.99 Å². The fourth-order valence-electron chi connectivity index (χ4n) is 4.11. The highest BCUT2D eigenvalue weighted by Crippen LogP contribution is 2.18. The predicted molar refractivity (Wildman–Crippen MR) is 131 cm³/mol. The van der Waals surface area contributed by atoms with Crippen molar-refractivity contribution in [2.45, 2.75) is 51.2 Å². The molecule has 1 atom stereocenters. The van der Waals surface area contributed by atoms with Gasteiger partial charge in [0, 0.05) is 45.9 Å². The van der Waals surface area contributed by atoms with E-state index in [9.17, 15) is 8.42 Å². The number of nitrogens with one attached hydrogen (secondary N) is 1. The SMILES string of the molecule is CCNC(=NCCN1CCS(=O)(=O)CC1)N1CCC(OCC2CCCCO2)CC1.I. The van der Waals surface area contributed by atoms with E-state index in [0.29, 0.717) is 25.7 Å². The van der Waals surface area contributed by atoms with E-state index in [1.165, 1.54) is 12.8 Å². The number of guanidine groups is 1. The van der Waals surface area contributed by atoms with Crippen molar-refractivity contribution in [1.29, 1.82) is 0 Å². The molecule has 3 fully saturated rings. The number of halogens is 1. The first-order valence-corrected chi connectivity index (χ1v) is 13.1. The quantitative estimate of drug-likeness (QED) is 0.287. The first kappa shape index (κ1) is 26.1. The molecule has 3 saturated heterocycles. The molecule has 1 N–H and O–H groups in total. The van der Waals surface area contributed by atoms with E-state index >= 15 is 0 Å². The summed E-state index contributed by atoms with van der Waals surface area (Å²) in [6.07, 6.45) is 6.18. The van der Waals surface area contributed by atoms with Crippen molar-refractivity contribution in [3.63, 3.8) is 0 Å². The summed E-state index contributed by atoms with van der Waals surface area (Å²) in [6, 6.07) is 0. The second-order valence-electron chi connectivity index (χ2n) is 8.24. The Bertz CT molecular complexity index is 606. The van der Waals surface area contributed by atoms with Crippen LogP contribution in [0.1, 0.15) is 39.0 Å². The molecule has 3 aliphatic heterocycles. The minimum atomic E-state index is -2.82. The van der Waals surface area contributed by atoms with Crippen LogP contribution >= 0.6 is 24.0 Å². The van der Waals surface area contributed by atoms with Crippen LogP contribution in [0.15, 0.2) is 4.99 Å². The van der Waals surface area contributed by atoms with Gasteiger partial charge in [-0.25, -0.2) is 8.42 Å². The van der Waals surface area contributed by atoms with E-state index in [1.54, 1.807) is 0 Å². The minimum absolute atomic E-state index is 0. The van der Waals surface area contributed by atoms with Crippen LogP contribution in [-0.4, -0.2) is 107 Å². The van der Waals surface area contributed by atoms with E-state index < -0.39 is 9.84 Å². The van der Waals surface area contributed by atoms with Crippen LogP contribution in [0, 0.1) is 0 Å². The highest BCUT2D eigenvalue weighted by molar-refractivity contribution is 14.0. The summed E-state index contributed by atoms with van der Waals surface area (Å²) in [5, 5.41) is 3.40. The number of hydrogen-bond donors (Lipinski definition) is 1. The first-order valence-electron chi connectivity index (χ1n) is 11.2. The number of rotatable bonds is 7. The smallest absolute Gasteiger partial charge is 0.193 e. The third-order valence-electron chi connectivity index (χ3n) is 5.98. The summed E-state index contributed by atoms with van der Waals surface area (Å²) in [5.74, 6) is 1.51. The van der Waals surface area contributed by atoms with Gasteiger partial charge in [0.05, 0.1) is 36.9 Å². The van der Waals surface area contributed by atoms with Crippen molar-refractivity contribution >= 4 is 39.8 Å². The fourth-order valence-corrected chi connectivity index (χ4v) is 5.39. The van der Waals surface area contributed by atoms with Crippen molar-refractivity contribution < 1.29 is 17.9 Å². The maximum atomic E-state index is 11.5. The summed E-state index contributed by atoms with van der Waals surface area (Å²) >= 11 is 0. The number of hydrogen-bond acceptors (Lipinski definition) is 6. The molecule has 0 radical (unpaired) electrons. The van der Waals surface area contributed by atoms with Gasteiger partial charge in [-0.3, -0.25) is 9.89 Å². The molecule has 0 aliphatic carbocycles. The number of likely N-dealkylation sites (tertiary alicyclic amines) is 1. The van der Waals surface area contributed by atoms with Crippen LogP contribution in [-0.2, 0) is 19.3 Å². The summed E-state index contributed by atoms with van der Waals surface area (Å²) in [4.78, 5) is 9.31. The van der Waals surface area contributed by atoms with Crippen molar-refractivity contribution in [1.82, 2.24) is 15.1 Å². The molecule has 3 aliphatic rings. The lowest BCUT2D eigenvalue weighted by atomic mass is 10.1. The molecule has 176 valence electrons. The molecule has 3 rings (SSSR count). The highest BCUT2D eigenvalue weighted by Gasteiger charge is 2.24. The molecule has 1 unspecified atom stereocenters. The van der Waals surface area contributed by atoms with E-state index in [4.69, 9.17) is 14.5 Å². The van der Waals surface area contributed by atoms with Crippen molar-refractivity contribution in [2.75, 3.05) is 70.5 Å². The summed E-state index contributed by atoms with van der Waals surface area (Å²) in [5.41, 5.74) is 0. The molecular formula is C20H39IN4O4S. The lowest BCUT2D eigenvalue weighted by Gasteiger charge is -2.35. The summed E-state index contributed by atoms with van der Waals surface area (Å²) in [7, 11) is -2.82. The van der Waals surface area contributed by atoms with E-state index in [0.717, 1.165) is 64.6 Å². The zero-order chi connectivity index (χ0) is 20.5. The molecular weight excluding hydrogens is 519 g/mol. The number of piperidine rings is 1. The Morgan fingerprint density at radius 1 is 1.13 bits per heavy atom. The topological polar surface area (TPSA) is 83.5 Å². The van der Waals surface area contributed by atoms with Crippen LogP contribution in [0.4, 0.5) is 0 Å². The number of aliphatic imine (C=N–C) groups is 1. The van der Waals surface area contributed by atoms with Gasteiger partial charge in [0.15, 0.2) is 15.8 Å². The number of sulfone groups is 1. The molecule has 0 aromatic heterocycles. The van der Waals surface area contributed by atoms with Gasteiger partial charge in [0.2, 0.25) is 0 Å². The van der Waals surface area contributed by atoms with Crippen LogP contribution in [0.25, 0.3) is 0 Å². The van der Waals surface area contributed by atoms with Crippen molar-refractivity contribution in [3.8, 4) is 0 Å². The largest absolute Gasteiger partial charge is 0.376 e. The number of ether oxygens (including phenoxy) is 2. The molecule has 30 heavy (non-hydrogen) atoms. The van der Waals surface area contributed by atoms with Crippen LogP contribution in [0.2, 0.25) is 0 Å². The summed E-state index contributed by atoms with van der Waals surface area (Å²) in [6.45, 7) is 9.19. The van der Waals surface area contributed by atoms with Crippen LogP contribution < -0.4 is 5.32 Å². The predicted octanol–water partition coefficient (Wildman–Crippen LogP) is 1.35. The molecule has 0 amide bonds. The molecule has 10 heteroatoms. The Morgan fingerprint density at radius 2 is 1.87 bits per heavy atom. The molecule has 8 nitrogen and oxygen atoms in total. The lowest BCUT2D eigenvalue weighted by molar-refractivity contribution is -0.0721. The Morgan fingerprint density at radius 3 is 2.50 bits per heavy atom. The Kier molecular flexibility index (Phi) is 11.6. The van der Waals surface area contributed by atoms with Crippen molar-refractivity contribution in [3.05, 3.63) is 0 Å². The Balaban J connectivity index is 0.00000320. The Hall–Kier alpha value is -0.170. The van der Waals surface area contributed by atoms with Crippen LogP contribution in [0.3, 0.4) is 0 Å². The third kappa shape index (κ3) is 8.76. The number of nitrogens with zero attached hydrogens (tertiary/aromatic N) is 3. The molecule has 0 saturated carbocycles. The highest BCUT2D eigenvalue weighted by atomic mass is 127. The van der Waals surface area contributed by atoms with E-state index in [-0.39, 0.29) is 41.6 Å². The van der Waals surface area contributed by atoms with Gasteiger partial charge in [-0.05, 0) is 39.0 Å². The first-order chi connectivity index (χ1) is 14.1. The molecule has 0 bridgehead atoms. The monoisotopic (exact) mass is 558 g/mol. The average molecular weight is 559 g/mol. The van der Waals surface area contributed by atoms with Gasteiger partial charge in [-0.2, -0.15) is 0 Å². The minimum Gasteiger partial charge on any atom is -0.376 e. The average Bonchev–Trinajstić information content (AvgIpc) is 2.74. The van der Waals surface area contributed by atoms with Gasteiger partial charge in [-0.1, -0.05) is 0 Å².